The molecule has 0 aliphatic carbocycles. The predicted molar refractivity (Wildman–Crippen MR) is 66.1 cm³/mol. The fraction of sp³-hybridized carbons (Fsp3) is 0.917. The van der Waals surface area contributed by atoms with Gasteiger partial charge in [0.2, 0.25) is 5.91 Å². The van der Waals surface area contributed by atoms with E-state index in [2.05, 4.69) is 4.90 Å². The number of carbonyl (C=O) groups is 1. The van der Waals surface area contributed by atoms with Gasteiger partial charge in [-0.05, 0) is 32.2 Å². The van der Waals surface area contributed by atoms with E-state index in [1.807, 2.05) is 11.8 Å². The van der Waals surface area contributed by atoms with Crippen LogP contribution in [0.3, 0.4) is 0 Å². The first kappa shape index (κ1) is 13.5. The number of nitrogens with zero attached hydrogens (tertiary/aromatic N) is 2. The molecule has 0 radical (unpaired) electrons. The monoisotopic (exact) mass is 227 g/mol. The van der Waals surface area contributed by atoms with Crippen LogP contribution in [0.25, 0.3) is 0 Å². The Kier molecular flexibility index (Phi) is 5.77. The first-order valence-corrected chi connectivity index (χ1v) is 6.35. The SMILES string of the molecule is CCN(C[C@H]1CCCN(CCN)C1)C(C)=O. The molecular weight excluding hydrogens is 202 g/mol. The van der Waals surface area contributed by atoms with Gasteiger partial charge in [0.05, 0.1) is 0 Å². The molecule has 0 aromatic carbocycles. The van der Waals surface area contributed by atoms with Crippen molar-refractivity contribution in [3.8, 4) is 0 Å². The first-order valence-electron chi connectivity index (χ1n) is 6.35. The fourth-order valence-electron chi connectivity index (χ4n) is 2.48. The zero-order valence-electron chi connectivity index (χ0n) is 10.6. The van der Waals surface area contributed by atoms with Gasteiger partial charge in [-0.15, -0.1) is 0 Å². The fourth-order valence-corrected chi connectivity index (χ4v) is 2.48. The van der Waals surface area contributed by atoms with Crippen LogP contribution in [-0.2, 0) is 4.79 Å². The molecule has 1 rings (SSSR count). The lowest BCUT2D eigenvalue weighted by Crippen LogP contribution is -2.43. The van der Waals surface area contributed by atoms with Crippen molar-refractivity contribution in [1.29, 1.82) is 0 Å². The van der Waals surface area contributed by atoms with E-state index < -0.39 is 0 Å². The Balaban J connectivity index is 2.38. The van der Waals surface area contributed by atoms with Crippen LogP contribution in [-0.4, -0.2) is 55.0 Å². The van der Waals surface area contributed by atoms with Crippen molar-refractivity contribution >= 4 is 5.91 Å². The molecule has 0 aromatic rings. The number of nitrogens with two attached hydrogens (primary N) is 1. The summed E-state index contributed by atoms with van der Waals surface area (Å²) in [5, 5.41) is 0. The number of rotatable bonds is 5. The second kappa shape index (κ2) is 6.86. The molecule has 0 unspecified atom stereocenters. The van der Waals surface area contributed by atoms with Crippen molar-refractivity contribution in [2.24, 2.45) is 11.7 Å². The highest BCUT2D eigenvalue weighted by Gasteiger charge is 2.21. The summed E-state index contributed by atoms with van der Waals surface area (Å²) >= 11 is 0. The van der Waals surface area contributed by atoms with Gasteiger partial charge in [0.25, 0.3) is 0 Å². The van der Waals surface area contributed by atoms with E-state index >= 15 is 0 Å². The van der Waals surface area contributed by atoms with Crippen molar-refractivity contribution in [2.75, 3.05) is 39.3 Å². The summed E-state index contributed by atoms with van der Waals surface area (Å²) in [4.78, 5) is 15.7. The molecule has 1 heterocycles. The molecule has 0 bridgehead atoms. The number of likely N-dealkylation sites (tertiary alicyclic amines) is 1. The van der Waals surface area contributed by atoms with Crippen molar-refractivity contribution < 1.29 is 4.79 Å². The van der Waals surface area contributed by atoms with Gasteiger partial charge < -0.3 is 15.5 Å². The lowest BCUT2D eigenvalue weighted by Gasteiger charge is -2.35. The third-order valence-electron chi connectivity index (χ3n) is 3.35. The quantitative estimate of drug-likeness (QED) is 0.745. The summed E-state index contributed by atoms with van der Waals surface area (Å²) in [6, 6.07) is 0. The van der Waals surface area contributed by atoms with Gasteiger partial charge >= 0.3 is 0 Å². The van der Waals surface area contributed by atoms with Crippen molar-refractivity contribution in [2.45, 2.75) is 26.7 Å². The molecule has 0 spiro atoms. The Bertz CT molecular complexity index is 218. The summed E-state index contributed by atoms with van der Waals surface area (Å²) in [6.45, 7) is 9.42. The standard InChI is InChI=1S/C12H25N3O/c1-3-15(11(2)16)10-12-5-4-7-14(9-12)8-6-13/h12H,3-10,13H2,1-2H3/t12-/m0/s1. The molecule has 16 heavy (non-hydrogen) atoms. The average Bonchev–Trinajstić information content (AvgIpc) is 2.26. The van der Waals surface area contributed by atoms with Crippen LogP contribution in [0.15, 0.2) is 0 Å². The van der Waals surface area contributed by atoms with Gasteiger partial charge in [0.1, 0.15) is 0 Å². The molecular formula is C12H25N3O. The molecule has 1 amide bonds. The highest BCUT2D eigenvalue weighted by atomic mass is 16.2. The Labute approximate surface area is 98.8 Å². The lowest BCUT2D eigenvalue weighted by molar-refractivity contribution is -0.129. The molecule has 0 saturated carbocycles. The molecule has 0 aromatic heterocycles. The molecule has 1 fully saturated rings. The molecule has 94 valence electrons. The highest BCUT2D eigenvalue weighted by Crippen LogP contribution is 2.17. The maximum absolute atomic E-state index is 11.3. The molecule has 1 aliphatic heterocycles. The van der Waals surface area contributed by atoms with Gasteiger partial charge in [-0.2, -0.15) is 0 Å². The van der Waals surface area contributed by atoms with E-state index in [0.717, 1.165) is 32.7 Å². The third kappa shape index (κ3) is 4.10. The summed E-state index contributed by atoms with van der Waals surface area (Å²) in [6.07, 6.45) is 2.48. The number of hydrogen-bond donors (Lipinski definition) is 1. The summed E-state index contributed by atoms with van der Waals surface area (Å²) < 4.78 is 0. The Morgan fingerprint density at radius 2 is 2.31 bits per heavy atom. The van der Waals surface area contributed by atoms with E-state index in [0.29, 0.717) is 5.92 Å². The number of amides is 1. The molecule has 1 atom stereocenters. The Hall–Kier alpha value is -0.610. The first-order chi connectivity index (χ1) is 7.67. The molecule has 2 N–H and O–H groups in total. The average molecular weight is 227 g/mol. The van der Waals surface area contributed by atoms with Gasteiger partial charge in [-0.3, -0.25) is 4.79 Å². The number of piperidine rings is 1. The molecule has 4 nitrogen and oxygen atoms in total. The maximum Gasteiger partial charge on any atom is 0.219 e. The second-order valence-corrected chi connectivity index (χ2v) is 4.66. The third-order valence-corrected chi connectivity index (χ3v) is 3.35. The second-order valence-electron chi connectivity index (χ2n) is 4.66. The smallest absolute Gasteiger partial charge is 0.219 e. The van der Waals surface area contributed by atoms with Crippen LogP contribution < -0.4 is 5.73 Å². The summed E-state index contributed by atoms with van der Waals surface area (Å²) in [5.41, 5.74) is 5.57. The van der Waals surface area contributed by atoms with Crippen LogP contribution in [0.2, 0.25) is 0 Å². The van der Waals surface area contributed by atoms with Crippen LogP contribution >= 0.6 is 0 Å². The van der Waals surface area contributed by atoms with Crippen LogP contribution in [0.1, 0.15) is 26.7 Å². The van der Waals surface area contributed by atoms with E-state index in [4.69, 9.17) is 5.73 Å². The Morgan fingerprint density at radius 1 is 1.56 bits per heavy atom. The van der Waals surface area contributed by atoms with Gasteiger partial charge in [0, 0.05) is 39.6 Å². The largest absolute Gasteiger partial charge is 0.343 e. The minimum absolute atomic E-state index is 0.193. The van der Waals surface area contributed by atoms with E-state index in [1.165, 1.54) is 19.4 Å². The Morgan fingerprint density at radius 3 is 2.88 bits per heavy atom. The van der Waals surface area contributed by atoms with E-state index in [9.17, 15) is 4.79 Å². The normalized spacial score (nSPS) is 22.1. The zero-order valence-corrected chi connectivity index (χ0v) is 10.6. The maximum atomic E-state index is 11.3. The molecule has 4 heteroatoms. The van der Waals surface area contributed by atoms with Crippen LogP contribution in [0.4, 0.5) is 0 Å². The minimum Gasteiger partial charge on any atom is -0.343 e. The van der Waals surface area contributed by atoms with E-state index in [1.54, 1.807) is 6.92 Å². The number of hydrogen-bond acceptors (Lipinski definition) is 3. The van der Waals surface area contributed by atoms with Gasteiger partial charge in [-0.25, -0.2) is 0 Å². The topological polar surface area (TPSA) is 49.6 Å². The van der Waals surface area contributed by atoms with Gasteiger partial charge in [0.15, 0.2) is 0 Å². The number of carbonyl (C=O) groups excluding carboxylic acids is 1. The van der Waals surface area contributed by atoms with Gasteiger partial charge in [-0.1, -0.05) is 0 Å². The zero-order chi connectivity index (χ0) is 12.0. The van der Waals surface area contributed by atoms with Crippen molar-refractivity contribution in [1.82, 2.24) is 9.80 Å². The van der Waals surface area contributed by atoms with Crippen LogP contribution in [0.5, 0.6) is 0 Å². The summed E-state index contributed by atoms with van der Waals surface area (Å²) in [5.74, 6) is 0.822. The van der Waals surface area contributed by atoms with E-state index in [-0.39, 0.29) is 5.91 Å². The highest BCUT2D eigenvalue weighted by molar-refractivity contribution is 5.73. The van der Waals surface area contributed by atoms with Crippen LogP contribution in [0, 0.1) is 5.92 Å². The minimum atomic E-state index is 0.193. The predicted octanol–water partition coefficient (Wildman–Crippen LogP) is 0.526. The summed E-state index contributed by atoms with van der Waals surface area (Å²) in [7, 11) is 0. The lowest BCUT2D eigenvalue weighted by atomic mass is 9.97. The molecule has 1 saturated heterocycles. The van der Waals surface area contributed by atoms with Crippen molar-refractivity contribution in [3.05, 3.63) is 0 Å². The molecule has 1 aliphatic rings. The van der Waals surface area contributed by atoms with Crippen molar-refractivity contribution in [3.63, 3.8) is 0 Å².